The normalized spacial score (nSPS) is 10.9. The summed E-state index contributed by atoms with van der Waals surface area (Å²) < 4.78 is 7.83. The first kappa shape index (κ1) is 16.7. The van der Waals surface area contributed by atoms with E-state index in [4.69, 9.17) is 4.74 Å². The number of benzene rings is 2. The summed E-state index contributed by atoms with van der Waals surface area (Å²) in [6.07, 6.45) is 2.74. The van der Waals surface area contributed by atoms with E-state index < -0.39 is 0 Å². The van der Waals surface area contributed by atoms with Crippen molar-refractivity contribution < 1.29 is 4.74 Å². The summed E-state index contributed by atoms with van der Waals surface area (Å²) in [4.78, 5) is 1.20. The lowest BCUT2D eigenvalue weighted by Gasteiger charge is -2.11. The minimum absolute atomic E-state index is 0.514. The van der Waals surface area contributed by atoms with Gasteiger partial charge in [0, 0.05) is 28.8 Å². The first-order chi connectivity index (χ1) is 11.7. The number of hydrogen-bond acceptors (Lipinski definition) is 3. The van der Waals surface area contributed by atoms with Crippen LogP contribution in [0.4, 0.5) is 0 Å². The van der Waals surface area contributed by atoms with Crippen LogP contribution in [-0.2, 0) is 19.2 Å². The Labute approximate surface area is 147 Å². The monoisotopic (exact) mass is 338 g/mol. The van der Waals surface area contributed by atoms with Crippen molar-refractivity contribution in [1.29, 1.82) is 0 Å². The molecule has 0 fully saturated rings. The molecular weight excluding hydrogens is 316 g/mol. The summed E-state index contributed by atoms with van der Waals surface area (Å²) in [5.74, 6) is 1.80. The van der Waals surface area contributed by atoms with E-state index in [2.05, 4.69) is 55.0 Å². The minimum Gasteiger partial charge on any atom is -0.489 e. The van der Waals surface area contributed by atoms with E-state index in [1.165, 1.54) is 16.0 Å². The smallest absolute Gasteiger partial charge is 0.128 e. The fraction of sp³-hybridized carbons (Fsp3) is 0.250. The average molecular weight is 338 g/mol. The minimum atomic E-state index is 0.514. The molecule has 1 heterocycles. The van der Waals surface area contributed by atoms with Crippen molar-refractivity contribution in [3.8, 4) is 5.75 Å². The van der Waals surface area contributed by atoms with E-state index in [0.717, 1.165) is 29.0 Å². The Morgan fingerprint density at radius 2 is 2.08 bits per heavy atom. The Morgan fingerprint density at radius 3 is 2.83 bits per heavy atom. The van der Waals surface area contributed by atoms with Crippen molar-refractivity contribution >= 4 is 22.5 Å². The van der Waals surface area contributed by atoms with Gasteiger partial charge in [-0.25, -0.2) is 0 Å². The van der Waals surface area contributed by atoms with Crippen LogP contribution < -0.4 is 4.74 Å². The fourth-order valence-corrected chi connectivity index (χ4v) is 3.62. The van der Waals surface area contributed by atoms with Gasteiger partial charge in [0.25, 0.3) is 0 Å². The van der Waals surface area contributed by atoms with Crippen LogP contribution >= 0.6 is 11.8 Å². The van der Waals surface area contributed by atoms with Gasteiger partial charge >= 0.3 is 0 Å². The van der Waals surface area contributed by atoms with E-state index in [0.29, 0.717) is 6.61 Å². The topological polar surface area (TPSA) is 27.1 Å². The van der Waals surface area contributed by atoms with E-state index in [1.807, 2.05) is 29.6 Å². The fourth-order valence-electron chi connectivity index (χ4n) is 2.64. The third kappa shape index (κ3) is 3.65. The van der Waals surface area contributed by atoms with Crippen LogP contribution in [0.2, 0.25) is 0 Å². The summed E-state index contributed by atoms with van der Waals surface area (Å²) >= 11 is 1.81. The lowest BCUT2D eigenvalue weighted by atomic mass is 10.1. The van der Waals surface area contributed by atoms with Crippen molar-refractivity contribution in [2.75, 3.05) is 6.61 Å². The van der Waals surface area contributed by atoms with Crippen LogP contribution in [0.3, 0.4) is 0 Å². The molecule has 24 heavy (non-hydrogen) atoms. The summed E-state index contributed by atoms with van der Waals surface area (Å²) in [6.45, 7) is 6.38. The molecule has 0 spiro atoms. The molecule has 0 N–H and O–H groups in total. The molecule has 0 aliphatic heterocycles. The molecule has 0 saturated heterocycles. The van der Waals surface area contributed by atoms with Crippen LogP contribution in [0.25, 0.3) is 10.8 Å². The molecule has 0 aliphatic rings. The van der Waals surface area contributed by atoms with Gasteiger partial charge in [0.2, 0.25) is 0 Å². The molecule has 3 aromatic rings. The number of hydrogen-bond donors (Lipinski definition) is 0. The highest BCUT2D eigenvalue weighted by molar-refractivity contribution is 7.98. The summed E-state index contributed by atoms with van der Waals surface area (Å²) in [5.41, 5.74) is 2.38. The van der Waals surface area contributed by atoms with Gasteiger partial charge in [-0.05, 0) is 30.0 Å². The van der Waals surface area contributed by atoms with Gasteiger partial charge < -0.3 is 4.74 Å². The molecule has 3 nitrogen and oxygen atoms in total. The van der Waals surface area contributed by atoms with Crippen molar-refractivity contribution in [2.45, 2.75) is 24.0 Å². The van der Waals surface area contributed by atoms with Crippen molar-refractivity contribution in [2.24, 2.45) is 7.05 Å². The van der Waals surface area contributed by atoms with Crippen LogP contribution in [0.1, 0.15) is 18.3 Å². The van der Waals surface area contributed by atoms with Crippen LogP contribution in [0.5, 0.6) is 5.75 Å². The lowest BCUT2D eigenvalue weighted by Crippen LogP contribution is -1.97. The number of nitrogens with zero attached hydrogens (tertiary/aromatic N) is 2. The Bertz CT molecular complexity index is 854. The van der Waals surface area contributed by atoms with Gasteiger partial charge in [-0.2, -0.15) is 5.10 Å². The molecule has 3 rings (SSSR count). The van der Waals surface area contributed by atoms with Crippen molar-refractivity contribution in [1.82, 2.24) is 9.78 Å². The molecule has 0 saturated carbocycles. The molecule has 2 aromatic carbocycles. The number of aryl methyl sites for hydroxylation is 2. The molecule has 0 unspecified atom stereocenters. The average Bonchev–Trinajstić information content (AvgIpc) is 2.98. The van der Waals surface area contributed by atoms with E-state index in [9.17, 15) is 0 Å². The lowest BCUT2D eigenvalue weighted by molar-refractivity contribution is 0.367. The standard InChI is InChI=1S/C20H22N2OS/c1-4-10-23-20-13-18(11-15-8-6-7-9-19(15)20)24-14-17-12-16(5-2)21-22(17)3/h4,6-9,11-13H,1,5,10,14H2,2-3H3. The second-order valence-electron chi connectivity index (χ2n) is 5.64. The van der Waals surface area contributed by atoms with Gasteiger partial charge in [0.05, 0.1) is 5.69 Å². The SMILES string of the molecule is C=CCOc1cc(SCc2cc(CC)nn2C)cc2ccccc12. The summed E-state index contributed by atoms with van der Waals surface area (Å²) in [6, 6.07) is 14.8. The van der Waals surface area contributed by atoms with Gasteiger partial charge in [-0.1, -0.05) is 43.8 Å². The van der Waals surface area contributed by atoms with E-state index in [-0.39, 0.29) is 0 Å². The molecule has 4 heteroatoms. The number of fused-ring (bicyclic) bond motifs is 1. The second kappa shape index (κ2) is 7.58. The predicted octanol–water partition coefficient (Wildman–Crippen LogP) is 4.99. The third-order valence-electron chi connectivity index (χ3n) is 3.93. The molecule has 124 valence electrons. The first-order valence-electron chi connectivity index (χ1n) is 8.12. The zero-order chi connectivity index (χ0) is 16.9. The molecule has 0 aliphatic carbocycles. The predicted molar refractivity (Wildman–Crippen MR) is 102 cm³/mol. The quantitative estimate of drug-likeness (QED) is 0.448. The highest BCUT2D eigenvalue weighted by Crippen LogP contribution is 2.33. The molecule has 0 atom stereocenters. The molecule has 0 amide bonds. The largest absolute Gasteiger partial charge is 0.489 e. The van der Waals surface area contributed by atoms with Gasteiger partial charge in [0.15, 0.2) is 0 Å². The van der Waals surface area contributed by atoms with Crippen LogP contribution in [0.15, 0.2) is 60.0 Å². The highest BCUT2D eigenvalue weighted by atomic mass is 32.2. The zero-order valence-electron chi connectivity index (χ0n) is 14.2. The first-order valence-corrected chi connectivity index (χ1v) is 9.11. The van der Waals surface area contributed by atoms with Crippen molar-refractivity contribution in [3.63, 3.8) is 0 Å². The Morgan fingerprint density at radius 1 is 1.25 bits per heavy atom. The molecule has 0 radical (unpaired) electrons. The highest BCUT2D eigenvalue weighted by Gasteiger charge is 2.08. The number of rotatable bonds is 7. The number of ether oxygens (including phenoxy) is 1. The van der Waals surface area contributed by atoms with Crippen LogP contribution in [0, 0.1) is 0 Å². The summed E-state index contributed by atoms with van der Waals surface area (Å²) in [7, 11) is 2.01. The zero-order valence-corrected chi connectivity index (χ0v) is 15.0. The van der Waals surface area contributed by atoms with Crippen molar-refractivity contribution in [3.05, 3.63) is 66.5 Å². The summed E-state index contributed by atoms with van der Waals surface area (Å²) in [5, 5.41) is 6.85. The number of thioether (sulfide) groups is 1. The van der Waals surface area contributed by atoms with E-state index >= 15 is 0 Å². The molecular formula is C20H22N2OS. The Kier molecular flexibility index (Phi) is 5.26. The van der Waals surface area contributed by atoms with Gasteiger partial charge in [0.1, 0.15) is 12.4 Å². The van der Waals surface area contributed by atoms with Crippen LogP contribution in [-0.4, -0.2) is 16.4 Å². The third-order valence-corrected chi connectivity index (χ3v) is 4.94. The number of aromatic nitrogens is 2. The maximum absolute atomic E-state index is 5.86. The van der Waals surface area contributed by atoms with Gasteiger partial charge in [-0.15, -0.1) is 11.8 Å². The maximum Gasteiger partial charge on any atom is 0.128 e. The van der Waals surface area contributed by atoms with Gasteiger partial charge in [-0.3, -0.25) is 4.68 Å². The molecule has 0 bridgehead atoms. The van der Waals surface area contributed by atoms with E-state index in [1.54, 1.807) is 6.08 Å². The Balaban J connectivity index is 1.85. The molecule has 1 aromatic heterocycles. The maximum atomic E-state index is 5.86. The Hall–Kier alpha value is -2.20. The second-order valence-corrected chi connectivity index (χ2v) is 6.68.